The molecule has 1 aromatic carbocycles. The van der Waals surface area contributed by atoms with Gasteiger partial charge in [-0.2, -0.15) is 4.68 Å². The zero-order valence-electron chi connectivity index (χ0n) is 15.8. The molecule has 1 aliphatic heterocycles. The van der Waals surface area contributed by atoms with Crippen molar-refractivity contribution >= 4 is 23.5 Å². The fraction of sp³-hybridized carbons (Fsp3) is 0.500. The van der Waals surface area contributed by atoms with E-state index in [0.29, 0.717) is 31.3 Å². The van der Waals surface area contributed by atoms with E-state index in [1.54, 1.807) is 28.6 Å². The van der Waals surface area contributed by atoms with E-state index in [4.69, 9.17) is 16.3 Å². The third kappa shape index (κ3) is 5.26. The first-order chi connectivity index (χ1) is 13.6. The van der Waals surface area contributed by atoms with Crippen molar-refractivity contribution in [1.82, 2.24) is 30.0 Å². The van der Waals surface area contributed by atoms with E-state index in [-0.39, 0.29) is 24.7 Å². The molecule has 0 bridgehead atoms. The predicted octanol–water partition coefficient (Wildman–Crippen LogP) is 1.30. The number of rotatable bonds is 7. The number of amides is 1. The Morgan fingerprint density at radius 3 is 2.50 bits per heavy atom. The van der Waals surface area contributed by atoms with Crippen LogP contribution in [0, 0.1) is 0 Å². The molecule has 1 aliphatic rings. The van der Waals surface area contributed by atoms with Gasteiger partial charge in [-0.3, -0.25) is 14.5 Å². The maximum absolute atomic E-state index is 12.2. The highest BCUT2D eigenvalue weighted by molar-refractivity contribution is 6.30. The lowest BCUT2D eigenvalue weighted by atomic mass is 10.2. The summed E-state index contributed by atoms with van der Waals surface area (Å²) >= 11 is 5.94. The fourth-order valence-corrected chi connectivity index (χ4v) is 3.17. The summed E-state index contributed by atoms with van der Waals surface area (Å²) in [5.74, 6) is 0.381. The number of halogens is 1. The summed E-state index contributed by atoms with van der Waals surface area (Å²) in [6.07, 6.45) is 0.316. The van der Waals surface area contributed by atoms with Crippen molar-refractivity contribution in [2.75, 3.05) is 32.8 Å². The Bertz CT molecular complexity index is 802. The highest BCUT2D eigenvalue weighted by atomic mass is 35.5. The molecule has 0 N–H and O–H groups in total. The first kappa shape index (κ1) is 20.2. The molecule has 0 saturated carbocycles. The monoisotopic (exact) mass is 406 g/mol. The van der Waals surface area contributed by atoms with Gasteiger partial charge in [-0.05, 0) is 41.6 Å². The van der Waals surface area contributed by atoms with Crippen molar-refractivity contribution in [1.29, 1.82) is 0 Å². The van der Waals surface area contributed by atoms with Crippen LogP contribution < -0.4 is 0 Å². The van der Waals surface area contributed by atoms with Crippen LogP contribution in [0.1, 0.15) is 25.6 Å². The number of carbonyl (C=O) groups excluding carboxylic acids is 2. The van der Waals surface area contributed by atoms with Gasteiger partial charge in [-0.25, -0.2) is 0 Å². The van der Waals surface area contributed by atoms with Gasteiger partial charge < -0.3 is 9.64 Å². The Labute approximate surface area is 168 Å². The third-order valence-corrected chi connectivity index (χ3v) is 4.80. The standard InChI is InChI=1S/C18H23ClN6O3/c1-2-28-18(27)8-7-17(26)24-11-9-23(10-12-24)13-16-20-21-22-25(16)15-5-3-14(19)4-6-15/h3-6H,2,7-13H2,1H3. The minimum absolute atomic E-state index is 0.0151. The van der Waals surface area contributed by atoms with Gasteiger partial charge in [-0.15, -0.1) is 5.10 Å². The molecule has 1 saturated heterocycles. The number of benzene rings is 1. The topological polar surface area (TPSA) is 93.5 Å². The Kier molecular flexibility index (Phi) is 6.94. The molecule has 1 fully saturated rings. The normalized spacial score (nSPS) is 14.9. The van der Waals surface area contributed by atoms with Gasteiger partial charge in [0.25, 0.3) is 0 Å². The number of hydrogen-bond donors (Lipinski definition) is 0. The average molecular weight is 407 g/mol. The van der Waals surface area contributed by atoms with Crippen LogP contribution in [-0.4, -0.2) is 74.7 Å². The molecule has 0 unspecified atom stereocenters. The molecule has 0 atom stereocenters. The van der Waals surface area contributed by atoms with Crippen molar-refractivity contribution in [3.63, 3.8) is 0 Å². The predicted molar refractivity (Wildman–Crippen MR) is 102 cm³/mol. The van der Waals surface area contributed by atoms with E-state index in [1.807, 2.05) is 12.1 Å². The summed E-state index contributed by atoms with van der Waals surface area (Å²) in [5.41, 5.74) is 0.845. The molecule has 2 aromatic rings. The zero-order chi connectivity index (χ0) is 19.9. The number of tetrazole rings is 1. The van der Waals surface area contributed by atoms with Crippen molar-refractivity contribution in [3.8, 4) is 5.69 Å². The molecule has 0 spiro atoms. The Morgan fingerprint density at radius 2 is 1.82 bits per heavy atom. The second-order valence-corrected chi connectivity index (χ2v) is 6.88. The molecule has 0 radical (unpaired) electrons. The van der Waals surface area contributed by atoms with Crippen molar-refractivity contribution in [3.05, 3.63) is 35.1 Å². The number of carbonyl (C=O) groups is 2. The maximum atomic E-state index is 12.2. The maximum Gasteiger partial charge on any atom is 0.306 e. The molecule has 150 valence electrons. The molecule has 1 aromatic heterocycles. The highest BCUT2D eigenvalue weighted by Gasteiger charge is 2.23. The molecule has 1 amide bonds. The summed E-state index contributed by atoms with van der Waals surface area (Å²) < 4.78 is 6.55. The van der Waals surface area contributed by atoms with Crippen molar-refractivity contribution in [2.45, 2.75) is 26.3 Å². The number of nitrogens with zero attached hydrogens (tertiary/aromatic N) is 6. The van der Waals surface area contributed by atoms with E-state index in [0.717, 1.165) is 24.6 Å². The Hall–Kier alpha value is -2.52. The first-order valence-electron chi connectivity index (χ1n) is 9.25. The summed E-state index contributed by atoms with van der Waals surface area (Å²) in [5, 5.41) is 12.6. The van der Waals surface area contributed by atoms with Crippen molar-refractivity contribution in [2.24, 2.45) is 0 Å². The number of esters is 1. The van der Waals surface area contributed by atoms with Gasteiger partial charge in [-0.1, -0.05) is 11.6 Å². The number of hydrogen-bond acceptors (Lipinski definition) is 7. The summed E-state index contributed by atoms with van der Waals surface area (Å²) in [4.78, 5) is 27.6. The van der Waals surface area contributed by atoms with E-state index in [2.05, 4.69) is 20.4 Å². The molecule has 0 aliphatic carbocycles. The van der Waals surface area contributed by atoms with Gasteiger partial charge in [0.15, 0.2) is 5.82 Å². The van der Waals surface area contributed by atoms with Crippen LogP contribution in [-0.2, 0) is 20.9 Å². The number of ether oxygens (including phenoxy) is 1. The van der Waals surface area contributed by atoms with Crippen LogP contribution in [0.3, 0.4) is 0 Å². The largest absolute Gasteiger partial charge is 0.466 e. The van der Waals surface area contributed by atoms with E-state index >= 15 is 0 Å². The molecule has 28 heavy (non-hydrogen) atoms. The van der Waals surface area contributed by atoms with Crippen LogP contribution in [0.2, 0.25) is 5.02 Å². The van der Waals surface area contributed by atoms with Crippen LogP contribution in [0.4, 0.5) is 0 Å². The van der Waals surface area contributed by atoms with E-state index in [9.17, 15) is 9.59 Å². The van der Waals surface area contributed by atoms with Gasteiger partial charge in [0.1, 0.15) is 0 Å². The van der Waals surface area contributed by atoms with Crippen LogP contribution >= 0.6 is 11.6 Å². The van der Waals surface area contributed by atoms with Gasteiger partial charge in [0, 0.05) is 37.6 Å². The molecule has 3 rings (SSSR count). The van der Waals surface area contributed by atoms with E-state index < -0.39 is 0 Å². The zero-order valence-corrected chi connectivity index (χ0v) is 16.5. The highest BCUT2D eigenvalue weighted by Crippen LogP contribution is 2.15. The lowest BCUT2D eigenvalue weighted by molar-refractivity contribution is -0.146. The molecular formula is C18H23ClN6O3. The van der Waals surface area contributed by atoms with E-state index in [1.165, 1.54) is 0 Å². The average Bonchev–Trinajstić information content (AvgIpc) is 3.15. The summed E-state index contributed by atoms with van der Waals surface area (Å²) in [7, 11) is 0. The quantitative estimate of drug-likeness (QED) is 0.640. The molecule has 10 heteroatoms. The van der Waals surface area contributed by atoms with Crippen LogP contribution in [0.15, 0.2) is 24.3 Å². The lowest BCUT2D eigenvalue weighted by Gasteiger charge is -2.34. The molecule has 2 heterocycles. The minimum atomic E-state index is -0.330. The van der Waals surface area contributed by atoms with Crippen molar-refractivity contribution < 1.29 is 14.3 Å². The number of piperazine rings is 1. The second-order valence-electron chi connectivity index (χ2n) is 6.45. The third-order valence-electron chi connectivity index (χ3n) is 4.54. The SMILES string of the molecule is CCOC(=O)CCC(=O)N1CCN(Cc2nnnn2-c2ccc(Cl)cc2)CC1. The molecule has 9 nitrogen and oxygen atoms in total. The second kappa shape index (κ2) is 9.61. The minimum Gasteiger partial charge on any atom is -0.466 e. The summed E-state index contributed by atoms with van der Waals surface area (Å²) in [6, 6.07) is 7.32. The summed E-state index contributed by atoms with van der Waals surface area (Å²) in [6.45, 7) is 5.34. The lowest BCUT2D eigenvalue weighted by Crippen LogP contribution is -2.48. The fourth-order valence-electron chi connectivity index (χ4n) is 3.04. The first-order valence-corrected chi connectivity index (χ1v) is 9.63. The smallest absolute Gasteiger partial charge is 0.306 e. The molecular weight excluding hydrogens is 384 g/mol. The van der Waals surface area contributed by atoms with Gasteiger partial charge in [0.2, 0.25) is 5.91 Å². The Balaban J connectivity index is 1.50. The van der Waals surface area contributed by atoms with Crippen LogP contribution in [0.25, 0.3) is 5.69 Å². The number of aromatic nitrogens is 4. The van der Waals surface area contributed by atoms with Gasteiger partial charge in [0.05, 0.1) is 25.3 Å². The van der Waals surface area contributed by atoms with Crippen LogP contribution in [0.5, 0.6) is 0 Å². The Morgan fingerprint density at radius 1 is 1.11 bits per heavy atom. The van der Waals surface area contributed by atoms with Gasteiger partial charge >= 0.3 is 5.97 Å².